The third kappa shape index (κ3) is 4.28. The van der Waals surface area contributed by atoms with Gasteiger partial charge in [-0.15, -0.1) is 12.4 Å². The van der Waals surface area contributed by atoms with Gasteiger partial charge >= 0.3 is 0 Å². The number of hydrogen-bond acceptors (Lipinski definition) is 3. The number of anilines is 1. The number of benzene rings is 1. The zero-order valence-electron chi connectivity index (χ0n) is 11.1. The van der Waals surface area contributed by atoms with Crippen LogP contribution in [-0.2, 0) is 4.79 Å². The predicted molar refractivity (Wildman–Crippen MR) is 81.2 cm³/mol. The number of halogens is 2. The number of rotatable bonds is 4. The molecule has 110 valence electrons. The van der Waals surface area contributed by atoms with Gasteiger partial charge in [0.15, 0.2) is 0 Å². The van der Waals surface area contributed by atoms with Crippen molar-refractivity contribution in [2.45, 2.75) is 18.9 Å². The summed E-state index contributed by atoms with van der Waals surface area (Å²) >= 11 is 5.97. The highest BCUT2D eigenvalue weighted by molar-refractivity contribution is 6.34. The topological polar surface area (TPSA) is 75.4 Å². The molecule has 2 rings (SSSR count). The van der Waals surface area contributed by atoms with Gasteiger partial charge in [0, 0.05) is 18.8 Å². The molecule has 0 saturated heterocycles. The predicted octanol–water partition coefficient (Wildman–Crippen LogP) is 1.69. The third-order valence-electron chi connectivity index (χ3n) is 2.89. The van der Waals surface area contributed by atoms with Crippen molar-refractivity contribution < 1.29 is 9.59 Å². The number of amides is 2. The number of nitrogens with one attached hydrogen (secondary N) is 1. The fraction of sp³-hybridized carbons (Fsp3) is 0.385. The molecule has 7 heteroatoms. The molecule has 0 spiro atoms. The first-order chi connectivity index (χ1) is 8.97. The molecule has 0 atom stereocenters. The number of nitrogens with two attached hydrogens (primary N) is 1. The van der Waals surface area contributed by atoms with Crippen molar-refractivity contribution in [2.24, 2.45) is 0 Å². The lowest BCUT2D eigenvalue weighted by atomic mass is 10.2. The normalized spacial score (nSPS) is 13.3. The molecule has 5 nitrogen and oxygen atoms in total. The fourth-order valence-electron chi connectivity index (χ4n) is 1.70. The minimum absolute atomic E-state index is 0. The van der Waals surface area contributed by atoms with E-state index in [2.05, 4.69) is 5.32 Å². The molecule has 1 aromatic rings. The molecule has 1 aliphatic carbocycles. The molecule has 20 heavy (non-hydrogen) atoms. The van der Waals surface area contributed by atoms with Crippen molar-refractivity contribution in [3.05, 3.63) is 28.8 Å². The lowest BCUT2D eigenvalue weighted by molar-refractivity contribution is -0.121. The van der Waals surface area contributed by atoms with Gasteiger partial charge in [0.2, 0.25) is 5.91 Å². The average Bonchev–Trinajstić information content (AvgIpc) is 3.11. The van der Waals surface area contributed by atoms with Crippen LogP contribution >= 0.6 is 24.0 Å². The lowest BCUT2D eigenvalue weighted by Gasteiger charge is -2.17. The average molecular weight is 318 g/mol. The molecule has 0 radical (unpaired) electrons. The van der Waals surface area contributed by atoms with E-state index in [9.17, 15) is 9.59 Å². The van der Waals surface area contributed by atoms with Crippen LogP contribution in [0.1, 0.15) is 23.2 Å². The number of nitrogens with zero attached hydrogens (tertiary/aromatic N) is 1. The Kier molecular flexibility index (Phi) is 5.65. The molecular weight excluding hydrogens is 301 g/mol. The largest absolute Gasteiger partial charge is 0.399 e. The minimum atomic E-state index is -0.295. The highest BCUT2D eigenvalue weighted by Crippen LogP contribution is 2.21. The van der Waals surface area contributed by atoms with E-state index < -0.39 is 0 Å². The Hall–Kier alpha value is -1.46. The van der Waals surface area contributed by atoms with Crippen LogP contribution in [-0.4, -0.2) is 36.3 Å². The molecule has 1 aromatic carbocycles. The quantitative estimate of drug-likeness (QED) is 0.830. The Morgan fingerprint density at radius 3 is 2.65 bits per heavy atom. The standard InChI is InChI=1S/C13H16ClN3O2.ClH/c1-17(7-12(18)16-9-3-4-9)13(19)10-5-2-8(15)6-11(10)14;/h2,5-6,9H,3-4,7,15H2,1H3,(H,16,18);1H. The molecule has 1 aliphatic rings. The summed E-state index contributed by atoms with van der Waals surface area (Å²) in [5.41, 5.74) is 6.41. The molecule has 0 bridgehead atoms. The van der Waals surface area contributed by atoms with Gasteiger partial charge in [-0.25, -0.2) is 0 Å². The summed E-state index contributed by atoms with van der Waals surface area (Å²) < 4.78 is 0. The van der Waals surface area contributed by atoms with Crippen molar-refractivity contribution in [2.75, 3.05) is 19.3 Å². The van der Waals surface area contributed by atoms with Gasteiger partial charge in [0.1, 0.15) is 0 Å². The summed E-state index contributed by atoms with van der Waals surface area (Å²) in [6, 6.07) is 4.98. The van der Waals surface area contributed by atoms with Crippen molar-refractivity contribution >= 4 is 41.5 Å². The molecule has 0 aliphatic heterocycles. The Labute approximate surface area is 128 Å². The van der Waals surface area contributed by atoms with E-state index in [0.29, 0.717) is 16.3 Å². The van der Waals surface area contributed by atoms with Crippen LogP contribution in [0.15, 0.2) is 18.2 Å². The lowest BCUT2D eigenvalue weighted by Crippen LogP contribution is -2.39. The molecule has 0 aromatic heterocycles. The Bertz CT molecular complexity index is 518. The zero-order chi connectivity index (χ0) is 14.0. The van der Waals surface area contributed by atoms with Crippen LogP contribution in [0.25, 0.3) is 0 Å². The van der Waals surface area contributed by atoms with E-state index in [0.717, 1.165) is 12.8 Å². The maximum atomic E-state index is 12.1. The van der Waals surface area contributed by atoms with Gasteiger partial charge in [-0.2, -0.15) is 0 Å². The molecule has 3 N–H and O–H groups in total. The second-order valence-corrected chi connectivity index (χ2v) is 5.15. The van der Waals surface area contributed by atoms with Crippen LogP contribution in [0.4, 0.5) is 5.69 Å². The first-order valence-corrected chi connectivity index (χ1v) is 6.45. The van der Waals surface area contributed by atoms with E-state index in [1.165, 1.54) is 11.0 Å². The minimum Gasteiger partial charge on any atom is -0.399 e. The van der Waals surface area contributed by atoms with Crippen LogP contribution in [0.2, 0.25) is 5.02 Å². The Morgan fingerprint density at radius 2 is 2.10 bits per heavy atom. The summed E-state index contributed by atoms with van der Waals surface area (Å²) in [6.07, 6.45) is 2.04. The van der Waals surface area contributed by atoms with Gasteiger partial charge in [-0.3, -0.25) is 9.59 Å². The van der Waals surface area contributed by atoms with E-state index in [4.69, 9.17) is 17.3 Å². The van der Waals surface area contributed by atoms with Crippen LogP contribution in [0.5, 0.6) is 0 Å². The number of nitrogen functional groups attached to an aromatic ring is 1. The summed E-state index contributed by atoms with van der Waals surface area (Å²) in [5.74, 6) is -0.444. The molecule has 2 amide bonds. The first-order valence-electron chi connectivity index (χ1n) is 6.07. The maximum Gasteiger partial charge on any atom is 0.255 e. The monoisotopic (exact) mass is 317 g/mol. The second kappa shape index (κ2) is 6.81. The van der Waals surface area contributed by atoms with E-state index in [-0.39, 0.29) is 36.8 Å². The number of carbonyl (C=O) groups excluding carboxylic acids is 2. The number of hydrogen-bond donors (Lipinski definition) is 2. The van der Waals surface area contributed by atoms with Crippen molar-refractivity contribution in [1.29, 1.82) is 0 Å². The van der Waals surface area contributed by atoms with E-state index in [1.54, 1.807) is 19.2 Å². The van der Waals surface area contributed by atoms with Gasteiger partial charge in [0.25, 0.3) is 5.91 Å². The van der Waals surface area contributed by atoms with Crippen molar-refractivity contribution in [1.82, 2.24) is 10.2 Å². The summed E-state index contributed by atoms with van der Waals surface area (Å²) in [6.45, 7) is 0.0238. The number of carbonyl (C=O) groups is 2. The Morgan fingerprint density at radius 1 is 1.45 bits per heavy atom. The summed E-state index contributed by atoms with van der Waals surface area (Å²) in [7, 11) is 1.57. The van der Waals surface area contributed by atoms with Gasteiger partial charge in [-0.1, -0.05) is 11.6 Å². The Balaban J connectivity index is 0.00000200. The first kappa shape index (κ1) is 16.6. The molecule has 1 fully saturated rings. The molecular formula is C13H17Cl2N3O2. The van der Waals surface area contributed by atoms with Gasteiger partial charge in [-0.05, 0) is 31.0 Å². The fourth-order valence-corrected chi connectivity index (χ4v) is 1.97. The smallest absolute Gasteiger partial charge is 0.255 e. The van der Waals surface area contributed by atoms with Crippen LogP contribution < -0.4 is 11.1 Å². The second-order valence-electron chi connectivity index (χ2n) is 4.74. The SMILES string of the molecule is CN(CC(=O)NC1CC1)C(=O)c1ccc(N)cc1Cl.Cl. The summed E-state index contributed by atoms with van der Waals surface area (Å²) in [5, 5.41) is 3.12. The highest BCUT2D eigenvalue weighted by Gasteiger charge is 2.24. The van der Waals surface area contributed by atoms with Crippen molar-refractivity contribution in [3.8, 4) is 0 Å². The zero-order valence-corrected chi connectivity index (χ0v) is 12.6. The van der Waals surface area contributed by atoms with Crippen molar-refractivity contribution in [3.63, 3.8) is 0 Å². The maximum absolute atomic E-state index is 12.1. The van der Waals surface area contributed by atoms with Crippen LogP contribution in [0.3, 0.4) is 0 Å². The molecule has 0 unspecified atom stereocenters. The van der Waals surface area contributed by atoms with Gasteiger partial charge < -0.3 is 16.0 Å². The molecule has 1 saturated carbocycles. The van der Waals surface area contributed by atoms with Crippen LogP contribution in [0, 0.1) is 0 Å². The van der Waals surface area contributed by atoms with E-state index >= 15 is 0 Å². The summed E-state index contributed by atoms with van der Waals surface area (Å²) in [4.78, 5) is 25.1. The van der Waals surface area contributed by atoms with E-state index in [1.807, 2.05) is 0 Å². The number of likely N-dealkylation sites (N-methyl/N-ethyl adjacent to an activating group) is 1. The highest BCUT2D eigenvalue weighted by atomic mass is 35.5. The molecule has 0 heterocycles. The van der Waals surface area contributed by atoms with Gasteiger partial charge in [0.05, 0.1) is 17.1 Å². The third-order valence-corrected chi connectivity index (χ3v) is 3.21.